The highest BCUT2D eigenvalue weighted by Crippen LogP contribution is 2.26. The second kappa shape index (κ2) is 9.45. The number of ether oxygens (including phenoxy) is 1. The Morgan fingerprint density at radius 1 is 1.26 bits per heavy atom. The molecule has 1 aliphatic rings. The van der Waals surface area contributed by atoms with Crippen LogP contribution in [0, 0.1) is 18.3 Å². The smallest absolute Gasteiger partial charge is 0.248 e. The number of nitrogens with one attached hydrogen (secondary N) is 2. The molecule has 0 spiro atoms. The van der Waals surface area contributed by atoms with E-state index in [0.29, 0.717) is 35.3 Å². The topological polar surface area (TPSA) is 102 Å². The van der Waals surface area contributed by atoms with Crippen molar-refractivity contribution in [2.45, 2.75) is 19.3 Å². The van der Waals surface area contributed by atoms with Crippen LogP contribution in [-0.4, -0.2) is 35.6 Å². The van der Waals surface area contributed by atoms with Crippen LogP contribution in [-0.2, 0) is 0 Å². The summed E-state index contributed by atoms with van der Waals surface area (Å²) in [5.74, 6) is 4.03. The lowest BCUT2D eigenvalue weighted by molar-refractivity contribution is 0.100. The number of fused-ring (bicyclic) bond motifs is 1. The van der Waals surface area contributed by atoms with Crippen molar-refractivity contribution in [1.82, 2.24) is 15.3 Å². The van der Waals surface area contributed by atoms with E-state index in [0.717, 1.165) is 36.1 Å². The fourth-order valence-electron chi connectivity index (χ4n) is 3.71. The van der Waals surface area contributed by atoms with E-state index in [9.17, 15) is 4.79 Å². The number of carbonyl (C=O) groups is 1. The first-order valence-electron chi connectivity index (χ1n) is 10.4. The first-order valence-corrected chi connectivity index (χ1v) is 10.4. The van der Waals surface area contributed by atoms with E-state index in [2.05, 4.69) is 26.5 Å². The third-order valence-electron chi connectivity index (χ3n) is 5.50. The lowest BCUT2D eigenvalue weighted by Crippen LogP contribution is -2.28. The van der Waals surface area contributed by atoms with E-state index >= 15 is 0 Å². The molecule has 0 radical (unpaired) electrons. The molecule has 158 valence electrons. The first kappa shape index (κ1) is 20.6. The van der Waals surface area contributed by atoms with E-state index in [1.54, 1.807) is 30.5 Å². The monoisotopic (exact) mass is 415 g/mol. The normalized spacial score (nSPS) is 14.2. The number of nitrogens with two attached hydrogens (primary N) is 1. The Bertz CT molecular complexity index is 1120. The van der Waals surface area contributed by atoms with E-state index in [1.807, 2.05) is 12.1 Å². The summed E-state index contributed by atoms with van der Waals surface area (Å²) < 4.78 is 6.05. The summed E-state index contributed by atoms with van der Waals surface area (Å²) in [5.41, 5.74) is 7.91. The molecule has 0 unspecified atom stereocenters. The SMILES string of the molecule is C#Cc1cc2cnc(Nc3ccc(C(N)=O)cc3)nc2cc1OCCC1CCNCC1. The first-order chi connectivity index (χ1) is 15.1. The quantitative estimate of drug-likeness (QED) is 0.512. The molecular formula is C24H25N5O2. The number of benzene rings is 2. The molecule has 31 heavy (non-hydrogen) atoms. The van der Waals surface area contributed by atoms with Crippen LogP contribution in [0.25, 0.3) is 10.9 Å². The molecule has 2 aromatic carbocycles. The Morgan fingerprint density at radius 3 is 2.74 bits per heavy atom. The molecule has 0 atom stereocenters. The Labute approximate surface area is 181 Å². The van der Waals surface area contributed by atoms with Crippen LogP contribution in [0.4, 0.5) is 11.6 Å². The minimum Gasteiger partial charge on any atom is -0.492 e. The summed E-state index contributed by atoms with van der Waals surface area (Å²) in [7, 11) is 0. The predicted octanol–water partition coefficient (Wildman–Crippen LogP) is 3.22. The second-order valence-electron chi connectivity index (χ2n) is 7.64. The van der Waals surface area contributed by atoms with E-state index in [-0.39, 0.29) is 0 Å². The van der Waals surface area contributed by atoms with Crippen molar-refractivity contribution in [1.29, 1.82) is 0 Å². The highest BCUT2D eigenvalue weighted by Gasteiger charge is 2.14. The summed E-state index contributed by atoms with van der Waals surface area (Å²) in [5, 5.41) is 7.36. The van der Waals surface area contributed by atoms with Gasteiger partial charge in [0.15, 0.2) is 0 Å². The highest BCUT2D eigenvalue weighted by molar-refractivity contribution is 5.93. The number of amides is 1. The number of carbonyl (C=O) groups excluding carboxylic acids is 1. The number of piperidine rings is 1. The summed E-state index contributed by atoms with van der Waals surface area (Å²) in [6.45, 7) is 2.79. The molecular weight excluding hydrogens is 390 g/mol. The van der Waals surface area contributed by atoms with Crippen LogP contribution in [0.2, 0.25) is 0 Å². The van der Waals surface area contributed by atoms with Gasteiger partial charge in [-0.2, -0.15) is 0 Å². The molecule has 1 saturated heterocycles. The number of rotatable bonds is 7. The maximum atomic E-state index is 11.2. The van der Waals surface area contributed by atoms with Crippen molar-refractivity contribution in [3.63, 3.8) is 0 Å². The maximum Gasteiger partial charge on any atom is 0.248 e. The molecule has 0 aliphatic carbocycles. The molecule has 4 N–H and O–H groups in total. The molecule has 1 aliphatic heterocycles. The van der Waals surface area contributed by atoms with E-state index < -0.39 is 5.91 Å². The van der Waals surface area contributed by atoms with Crippen molar-refractivity contribution >= 4 is 28.4 Å². The Balaban J connectivity index is 1.49. The second-order valence-corrected chi connectivity index (χ2v) is 7.64. The molecule has 1 fully saturated rings. The zero-order valence-corrected chi connectivity index (χ0v) is 17.2. The van der Waals surface area contributed by atoms with Crippen LogP contribution < -0.4 is 21.1 Å². The van der Waals surface area contributed by atoms with Gasteiger partial charge in [0.2, 0.25) is 11.9 Å². The third kappa shape index (κ3) is 5.11. The van der Waals surface area contributed by atoms with Gasteiger partial charge in [0, 0.05) is 28.9 Å². The van der Waals surface area contributed by atoms with Crippen molar-refractivity contribution in [3.05, 3.63) is 53.7 Å². The number of terminal acetylenes is 1. The van der Waals surface area contributed by atoms with Crippen LogP contribution in [0.3, 0.4) is 0 Å². The Kier molecular flexibility index (Phi) is 6.29. The lowest BCUT2D eigenvalue weighted by atomic mass is 9.95. The van der Waals surface area contributed by atoms with Crippen molar-refractivity contribution < 1.29 is 9.53 Å². The fraction of sp³-hybridized carbons (Fsp3) is 0.292. The third-order valence-corrected chi connectivity index (χ3v) is 5.50. The zero-order valence-electron chi connectivity index (χ0n) is 17.2. The standard InChI is InChI=1S/C24H25N5O2/c1-2-17-13-19-15-27-24(28-20-5-3-18(4-6-20)23(25)30)29-21(19)14-22(17)31-12-9-16-7-10-26-11-8-16/h1,3-6,13-16,26H,7-12H2,(H2,25,30)(H,27,28,29). The minimum absolute atomic E-state index is 0.438. The van der Waals surface area contributed by atoms with Gasteiger partial charge < -0.3 is 21.1 Å². The summed E-state index contributed by atoms with van der Waals surface area (Å²) in [4.78, 5) is 20.2. The average Bonchev–Trinajstić information content (AvgIpc) is 2.79. The van der Waals surface area contributed by atoms with Crippen molar-refractivity contribution in [2.24, 2.45) is 11.7 Å². The number of hydrogen-bond donors (Lipinski definition) is 3. The summed E-state index contributed by atoms with van der Waals surface area (Å²) >= 11 is 0. The van der Waals surface area contributed by atoms with E-state index in [4.69, 9.17) is 16.9 Å². The van der Waals surface area contributed by atoms with Crippen LogP contribution in [0.15, 0.2) is 42.6 Å². The maximum absolute atomic E-state index is 11.2. The number of primary amides is 1. The molecule has 1 aromatic heterocycles. The fourth-order valence-corrected chi connectivity index (χ4v) is 3.71. The van der Waals surface area contributed by atoms with Gasteiger partial charge in [0.25, 0.3) is 0 Å². The van der Waals surface area contributed by atoms with Crippen LogP contribution in [0.5, 0.6) is 5.75 Å². The summed E-state index contributed by atoms with van der Waals surface area (Å²) in [6, 6.07) is 10.6. The molecule has 2 heterocycles. The van der Waals surface area contributed by atoms with Gasteiger partial charge >= 0.3 is 0 Å². The molecule has 7 heteroatoms. The molecule has 0 bridgehead atoms. The molecule has 4 rings (SSSR count). The van der Waals surface area contributed by atoms with Gasteiger partial charge in [-0.05, 0) is 68.6 Å². The van der Waals surface area contributed by atoms with Gasteiger partial charge in [-0.25, -0.2) is 9.97 Å². The number of nitrogens with zero attached hydrogens (tertiary/aromatic N) is 2. The Morgan fingerprint density at radius 2 is 2.03 bits per heavy atom. The molecule has 7 nitrogen and oxygen atoms in total. The van der Waals surface area contributed by atoms with E-state index in [1.165, 1.54) is 12.8 Å². The number of anilines is 2. The predicted molar refractivity (Wildman–Crippen MR) is 121 cm³/mol. The highest BCUT2D eigenvalue weighted by atomic mass is 16.5. The van der Waals surface area contributed by atoms with Crippen LogP contribution >= 0.6 is 0 Å². The van der Waals surface area contributed by atoms with Gasteiger partial charge in [0.05, 0.1) is 17.7 Å². The average molecular weight is 415 g/mol. The molecule has 3 aromatic rings. The van der Waals surface area contributed by atoms with Crippen molar-refractivity contribution in [3.8, 4) is 18.1 Å². The number of hydrogen-bond acceptors (Lipinski definition) is 6. The van der Waals surface area contributed by atoms with Gasteiger partial charge in [-0.15, -0.1) is 6.42 Å². The van der Waals surface area contributed by atoms with Crippen LogP contribution in [0.1, 0.15) is 35.2 Å². The number of aromatic nitrogens is 2. The van der Waals surface area contributed by atoms with Gasteiger partial charge in [-0.3, -0.25) is 4.79 Å². The minimum atomic E-state index is -0.467. The van der Waals surface area contributed by atoms with Crippen molar-refractivity contribution in [2.75, 3.05) is 25.0 Å². The summed E-state index contributed by atoms with van der Waals surface area (Å²) in [6.07, 6.45) is 10.8. The molecule has 1 amide bonds. The van der Waals surface area contributed by atoms with Gasteiger partial charge in [0.1, 0.15) is 5.75 Å². The lowest BCUT2D eigenvalue weighted by Gasteiger charge is -2.22. The zero-order chi connectivity index (χ0) is 21.6. The Hall–Kier alpha value is -3.63. The largest absolute Gasteiger partial charge is 0.492 e. The molecule has 0 saturated carbocycles. The van der Waals surface area contributed by atoms with Gasteiger partial charge in [-0.1, -0.05) is 5.92 Å².